The topological polar surface area (TPSA) is 55.6 Å². The van der Waals surface area contributed by atoms with Crippen molar-refractivity contribution in [2.45, 2.75) is 24.3 Å². The van der Waals surface area contributed by atoms with Crippen LogP contribution in [0.5, 0.6) is 0 Å². The molecule has 3 aromatic rings. The number of ether oxygens (including phenoxy) is 1. The third-order valence-electron chi connectivity index (χ3n) is 5.04. The van der Waals surface area contributed by atoms with Gasteiger partial charge in [-0.3, -0.25) is 4.79 Å². The summed E-state index contributed by atoms with van der Waals surface area (Å²) in [4.78, 5) is 19.6. The lowest BCUT2D eigenvalue weighted by atomic mass is 10.1. The van der Waals surface area contributed by atoms with Crippen LogP contribution in [0.1, 0.15) is 29.3 Å². The van der Waals surface area contributed by atoms with E-state index >= 15 is 0 Å². The molecule has 0 bridgehead atoms. The molecule has 2 heterocycles. The van der Waals surface area contributed by atoms with Gasteiger partial charge in [-0.1, -0.05) is 42.1 Å². The molecule has 1 fully saturated rings. The molecule has 146 valence electrons. The van der Waals surface area contributed by atoms with Gasteiger partial charge >= 0.3 is 0 Å². The summed E-state index contributed by atoms with van der Waals surface area (Å²) in [5, 5.41) is 0.624. The minimum Gasteiger partial charge on any atom is -0.431 e. The Morgan fingerprint density at radius 2 is 2.04 bits per heavy atom. The summed E-state index contributed by atoms with van der Waals surface area (Å²) in [5.74, 6) is 1.16. The smallest absolute Gasteiger partial charge is 0.257 e. The van der Waals surface area contributed by atoms with Crippen LogP contribution in [0, 0.1) is 5.92 Å². The number of para-hydroxylation sites is 2. The van der Waals surface area contributed by atoms with Gasteiger partial charge in [-0.25, -0.2) is 4.98 Å². The molecule has 0 radical (unpaired) electrons. The van der Waals surface area contributed by atoms with Crippen molar-refractivity contribution in [3.63, 3.8) is 0 Å². The number of carbonyl (C=O) groups excluding carboxylic acids is 1. The average Bonchev–Trinajstić information content (AvgIpc) is 3.39. The monoisotopic (exact) mass is 396 g/mol. The molecular weight excluding hydrogens is 372 g/mol. The van der Waals surface area contributed by atoms with Gasteiger partial charge in [-0.15, -0.1) is 0 Å². The molecule has 6 heteroatoms. The highest BCUT2D eigenvalue weighted by Crippen LogP contribution is 2.28. The number of rotatable bonds is 7. The number of carbonyl (C=O) groups is 1. The molecule has 1 amide bonds. The average molecular weight is 397 g/mol. The van der Waals surface area contributed by atoms with E-state index in [-0.39, 0.29) is 5.91 Å². The molecular formula is C22H24N2O3S. The number of oxazole rings is 1. The van der Waals surface area contributed by atoms with Gasteiger partial charge in [-0.05, 0) is 37.1 Å². The predicted molar refractivity (Wildman–Crippen MR) is 111 cm³/mol. The van der Waals surface area contributed by atoms with Crippen molar-refractivity contribution in [1.29, 1.82) is 0 Å². The van der Waals surface area contributed by atoms with Crippen molar-refractivity contribution in [2.75, 3.05) is 26.3 Å². The number of nitrogens with zero attached hydrogens (tertiary/aromatic N) is 2. The molecule has 2 aromatic carbocycles. The van der Waals surface area contributed by atoms with Crippen LogP contribution in [-0.4, -0.2) is 42.1 Å². The number of hydrogen-bond acceptors (Lipinski definition) is 5. The lowest BCUT2D eigenvalue weighted by Crippen LogP contribution is -2.36. The molecule has 28 heavy (non-hydrogen) atoms. The van der Waals surface area contributed by atoms with Gasteiger partial charge in [-0.2, -0.15) is 0 Å². The fourth-order valence-electron chi connectivity index (χ4n) is 3.47. The summed E-state index contributed by atoms with van der Waals surface area (Å²) in [6.07, 6.45) is 1.03. The van der Waals surface area contributed by atoms with E-state index in [4.69, 9.17) is 9.15 Å². The minimum atomic E-state index is 0.0863. The first-order valence-corrected chi connectivity index (χ1v) is 10.7. The zero-order chi connectivity index (χ0) is 19.3. The molecule has 0 saturated carbocycles. The van der Waals surface area contributed by atoms with Gasteiger partial charge in [0, 0.05) is 36.9 Å². The first kappa shape index (κ1) is 19.0. The molecule has 1 aromatic heterocycles. The van der Waals surface area contributed by atoms with E-state index in [0.29, 0.717) is 23.4 Å². The lowest BCUT2D eigenvalue weighted by molar-refractivity contribution is 0.0730. The SMILES string of the molecule is CCN(CC1CCOC1)C(=O)c1ccccc1CSc1nc2ccccc2o1. The summed E-state index contributed by atoms with van der Waals surface area (Å²) in [5.41, 5.74) is 3.39. The molecule has 1 unspecified atom stereocenters. The predicted octanol–water partition coefficient (Wildman–Crippen LogP) is 4.62. The number of hydrogen-bond donors (Lipinski definition) is 0. The number of aromatic nitrogens is 1. The largest absolute Gasteiger partial charge is 0.431 e. The summed E-state index contributed by atoms with van der Waals surface area (Å²) >= 11 is 1.51. The van der Waals surface area contributed by atoms with E-state index in [9.17, 15) is 4.79 Å². The zero-order valence-corrected chi connectivity index (χ0v) is 16.8. The highest BCUT2D eigenvalue weighted by Gasteiger charge is 2.23. The Hall–Kier alpha value is -2.31. The summed E-state index contributed by atoms with van der Waals surface area (Å²) in [7, 11) is 0. The molecule has 1 atom stereocenters. The van der Waals surface area contributed by atoms with Crippen molar-refractivity contribution in [3.8, 4) is 0 Å². The Bertz CT molecular complexity index is 917. The number of thioether (sulfide) groups is 1. The maximum Gasteiger partial charge on any atom is 0.257 e. The molecule has 1 aliphatic rings. The van der Waals surface area contributed by atoms with Gasteiger partial charge in [0.05, 0.1) is 6.61 Å². The van der Waals surface area contributed by atoms with Crippen LogP contribution in [-0.2, 0) is 10.5 Å². The van der Waals surface area contributed by atoms with Crippen LogP contribution in [0.25, 0.3) is 11.1 Å². The molecule has 0 aliphatic carbocycles. The second kappa shape index (κ2) is 8.80. The Morgan fingerprint density at radius 3 is 2.82 bits per heavy atom. The number of fused-ring (bicyclic) bond motifs is 1. The van der Waals surface area contributed by atoms with Gasteiger partial charge in [0.15, 0.2) is 5.58 Å². The molecule has 5 nitrogen and oxygen atoms in total. The maximum absolute atomic E-state index is 13.2. The van der Waals surface area contributed by atoms with Crippen LogP contribution in [0.4, 0.5) is 0 Å². The third kappa shape index (κ3) is 4.23. The fraction of sp³-hybridized carbons (Fsp3) is 0.364. The lowest BCUT2D eigenvalue weighted by Gasteiger charge is -2.24. The van der Waals surface area contributed by atoms with Crippen molar-refractivity contribution < 1.29 is 13.9 Å². The van der Waals surface area contributed by atoms with E-state index in [1.807, 2.05) is 60.4 Å². The molecule has 1 saturated heterocycles. The zero-order valence-electron chi connectivity index (χ0n) is 16.0. The Kier molecular flexibility index (Phi) is 5.98. The second-order valence-electron chi connectivity index (χ2n) is 6.97. The van der Waals surface area contributed by atoms with Gasteiger partial charge in [0.25, 0.3) is 11.1 Å². The summed E-state index contributed by atoms with van der Waals surface area (Å²) in [6.45, 7) is 5.03. The standard InChI is InChI=1S/C22H24N2O3S/c1-2-24(13-16-11-12-26-14-16)21(25)18-8-4-3-7-17(18)15-28-22-23-19-9-5-6-10-20(19)27-22/h3-10,16H,2,11-15H2,1H3. The molecule has 4 rings (SSSR count). The van der Waals surface area contributed by atoms with Crippen molar-refractivity contribution in [2.24, 2.45) is 5.92 Å². The van der Waals surface area contributed by atoms with E-state index in [2.05, 4.69) is 4.98 Å². The number of benzene rings is 2. The molecule has 0 N–H and O–H groups in total. The van der Waals surface area contributed by atoms with Crippen LogP contribution in [0.15, 0.2) is 58.2 Å². The highest BCUT2D eigenvalue weighted by molar-refractivity contribution is 7.98. The van der Waals surface area contributed by atoms with E-state index < -0.39 is 0 Å². The quantitative estimate of drug-likeness (QED) is 0.546. The Morgan fingerprint density at radius 1 is 1.21 bits per heavy atom. The molecule has 1 aliphatic heterocycles. The second-order valence-corrected chi connectivity index (χ2v) is 7.89. The first-order chi connectivity index (χ1) is 13.7. The van der Waals surface area contributed by atoms with Crippen LogP contribution in [0.3, 0.4) is 0 Å². The van der Waals surface area contributed by atoms with E-state index in [1.165, 1.54) is 11.8 Å². The number of amides is 1. The Balaban J connectivity index is 1.48. The maximum atomic E-state index is 13.2. The summed E-state index contributed by atoms with van der Waals surface area (Å²) < 4.78 is 11.3. The Labute approximate surface area is 169 Å². The first-order valence-electron chi connectivity index (χ1n) is 9.68. The third-order valence-corrected chi connectivity index (χ3v) is 5.92. The van der Waals surface area contributed by atoms with Crippen molar-refractivity contribution in [3.05, 3.63) is 59.7 Å². The minimum absolute atomic E-state index is 0.0863. The van der Waals surface area contributed by atoms with Crippen molar-refractivity contribution in [1.82, 2.24) is 9.88 Å². The normalized spacial score (nSPS) is 16.5. The van der Waals surface area contributed by atoms with Gasteiger partial charge < -0.3 is 14.1 Å². The van der Waals surface area contributed by atoms with Crippen LogP contribution in [0.2, 0.25) is 0 Å². The van der Waals surface area contributed by atoms with Crippen LogP contribution >= 0.6 is 11.8 Å². The van der Waals surface area contributed by atoms with Gasteiger partial charge in [0.1, 0.15) is 5.52 Å². The van der Waals surface area contributed by atoms with Gasteiger partial charge in [0.2, 0.25) is 0 Å². The highest BCUT2D eigenvalue weighted by atomic mass is 32.2. The van der Waals surface area contributed by atoms with Crippen LogP contribution < -0.4 is 0 Å². The molecule has 0 spiro atoms. The fourth-order valence-corrected chi connectivity index (χ4v) is 4.31. The summed E-state index contributed by atoms with van der Waals surface area (Å²) in [6, 6.07) is 15.6. The van der Waals surface area contributed by atoms with E-state index in [0.717, 1.165) is 48.4 Å². The van der Waals surface area contributed by atoms with E-state index in [1.54, 1.807) is 0 Å². The van der Waals surface area contributed by atoms with Crippen molar-refractivity contribution >= 4 is 28.8 Å².